The molecule has 0 spiro atoms. The van der Waals surface area contributed by atoms with Crippen LogP contribution in [0, 0.1) is 17.6 Å². The second-order valence-electron chi connectivity index (χ2n) is 8.30. The van der Waals surface area contributed by atoms with E-state index in [1.807, 2.05) is 0 Å². The molecule has 2 atom stereocenters. The molecule has 1 saturated heterocycles. The Morgan fingerprint density at radius 2 is 1.97 bits per heavy atom. The van der Waals surface area contributed by atoms with Crippen LogP contribution in [0.3, 0.4) is 0 Å². The summed E-state index contributed by atoms with van der Waals surface area (Å²) >= 11 is 6.02. The van der Waals surface area contributed by atoms with E-state index in [2.05, 4.69) is 27.4 Å². The van der Waals surface area contributed by atoms with Gasteiger partial charge in [-0.3, -0.25) is 4.79 Å². The molecule has 8 nitrogen and oxygen atoms in total. The number of piperidine rings is 1. The zero-order valence-corrected chi connectivity index (χ0v) is 19.0. The van der Waals surface area contributed by atoms with Crippen LogP contribution < -0.4 is 5.32 Å². The van der Waals surface area contributed by atoms with Crippen molar-refractivity contribution in [3.8, 4) is 5.69 Å². The molecule has 34 heavy (non-hydrogen) atoms. The number of amides is 1. The summed E-state index contributed by atoms with van der Waals surface area (Å²) in [4.78, 5) is 20.8. The van der Waals surface area contributed by atoms with Gasteiger partial charge in [-0.2, -0.15) is 20.0 Å². The molecular formula is C23H21ClF2N6O2. The van der Waals surface area contributed by atoms with Gasteiger partial charge in [-0.1, -0.05) is 18.5 Å². The molecule has 2 aromatic heterocycles. The lowest BCUT2D eigenvalue weighted by molar-refractivity contribution is 0.0538. The number of nitrogens with one attached hydrogen (secondary N) is 1. The Hall–Kier alpha value is -3.53. The number of aromatic nitrogens is 4. The van der Waals surface area contributed by atoms with Crippen molar-refractivity contribution in [1.29, 1.82) is 0 Å². The Morgan fingerprint density at radius 3 is 2.76 bits per heavy atom. The highest BCUT2D eigenvalue weighted by atomic mass is 35.5. The average molecular weight is 487 g/mol. The van der Waals surface area contributed by atoms with Crippen LogP contribution in [0.1, 0.15) is 30.1 Å². The quantitative estimate of drug-likeness (QED) is 0.440. The van der Waals surface area contributed by atoms with Crippen LogP contribution in [0.25, 0.3) is 16.8 Å². The molecule has 11 heteroatoms. The summed E-state index contributed by atoms with van der Waals surface area (Å²) in [5.74, 6) is -2.45. The number of rotatable bonds is 5. The topological polar surface area (TPSA) is 89.1 Å². The smallest absolute Gasteiger partial charge is 0.295 e. The number of benzene rings is 2. The Bertz CT molecular complexity index is 1340. The van der Waals surface area contributed by atoms with E-state index in [1.54, 1.807) is 23.1 Å². The van der Waals surface area contributed by atoms with Crippen LogP contribution in [0.15, 0.2) is 47.1 Å². The summed E-state index contributed by atoms with van der Waals surface area (Å²) in [5, 5.41) is 11.7. The van der Waals surface area contributed by atoms with Crippen molar-refractivity contribution in [3.63, 3.8) is 0 Å². The number of halogens is 3. The lowest BCUT2D eigenvalue weighted by Gasteiger charge is -2.40. The largest absolute Gasteiger partial charge is 0.424 e. The maximum absolute atomic E-state index is 14.2. The number of carbonyl (C=O) groups is 1. The van der Waals surface area contributed by atoms with Crippen LogP contribution in [0.5, 0.6) is 0 Å². The average Bonchev–Trinajstić information content (AvgIpc) is 3.49. The van der Waals surface area contributed by atoms with Crippen molar-refractivity contribution in [1.82, 2.24) is 24.9 Å². The molecule has 1 amide bonds. The van der Waals surface area contributed by atoms with Crippen molar-refractivity contribution in [2.45, 2.75) is 25.8 Å². The molecule has 4 aromatic rings. The minimum atomic E-state index is -1.11. The minimum Gasteiger partial charge on any atom is -0.424 e. The van der Waals surface area contributed by atoms with Crippen molar-refractivity contribution in [2.24, 2.45) is 5.92 Å². The fourth-order valence-corrected chi connectivity index (χ4v) is 4.51. The summed E-state index contributed by atoms with van der Waals surface area (Å²) in [6.07, 6.45) is 4.52. The lowest BCUT2D eigenvalue weighted by Crippen LogP contribution is -2.51. The van der Waals surface area contributed by atoms with Gasteiger partial charge in [-0.25, -0.2) is 8.78 Å². The van der Waals surface area contributed by atoms with Gasteiger partial charge >= 0.3 is 0 Å². The summed E-state index contributed by atoms with van der Waals surface area (Å²) in [6.45, 7) is 2.90. The highest BCUT2D eigenvalue weighted by molar-refractivity contribution is 6.31. The summed E-state index contributed by atoms with van der Waals surface area (Å²) < 4.78 is 33.9. The number of carbonyl (C=O) groups excluding carboxylic acids is 1. The Labute approximate surface area is 198 Å². The first kappa shape index (κ1) is 22.3. The van der Waals surface area contributed by atoms with Crippen LogP contribution in [-0.2, 0) is 0 Å². The third-order valence-corrected chi connectivity index (χ3v) is 6.33. The van der Waals surface area contributed by atoms with Crippen LogP contribution in [-0.4, -0.2) is 49.9 Å². The maximum Gasteiger partial charge on any atom is 0.295 e. The fraction of sp³-hybridized carbons (Fsp3) is 0.304. The van der Waals surface area contributed by atoms with Gasteiger partial charge in [0.15, 0.2) is 17.2 Å². The monoisotopic (exact) mass is 486 g/mol. The number of oxazole rings is 1. The van der Waals surface area contributed by atoms with E-state index in [-0.39, 0.29) is 23.2 Å². The second-order valence-corrected chi connectivity index (χ2v) is 8.74. The number of anilines is 1. The van der Waals surface area contributed by atoms with E-state index in [0.29, 0.717) is 35.2 Å². The predicted molar refractivity (Wildman–Crippen MR) is 122 cm³/mol. The molecule has 1 aliphatic heterocycles. The SMILES string of the molecule is CC1CCCN(C(=O)c2cc(F)c(F)cc2-n2nccn2)C1CNc1nc2ccc(Cl)cc2o1. The zero-order chi connectivity index (χ0) is 23.8. The van der Waals surface area contributed by atoms with E-state index in [0.717, 1.165) is 29.8 Å². The van der Waals surface area contributed by atoms with E-state index >= 15 is 0 Å². The third-order valence-electron chi connectivity index (χ3n) is 6.09. The van der Waals surface area contributed by atoms with Gasteiger partial charge in [-0.15, -0.1) is 0 Å². The fourth-order valence-electron chi connectivity index (χ4n) is 4.35. The summed E-state index contributed by atoms with van der Waals surface area (Å²) in [7, 11) is 0. The Morgan fingerprint density at radius 1 is 1.21 bits per heavy atom. The molecule has 5 rings (SSSR count). The normalized spacial score (nSPS) is 18.4. The Balaban J connectivity index is 1.42. The molecule has 0 bridgehead atoms. The van der Waals surface area contributed by atoms with Gasteiger partial charge in [0, 0.05) is 30.2 Å². The van der Waals surface area contributed by atoms with Gasteiger partial charge in [-0.05, 0) is 37.0 Å². The molecule has 1 N–H and O–H groups in total. The van der Waals surface area contributed by atoms with Crippen LogP contribution >= 0.6 is 11.6 Å². The van der Waals surface area contributed by atoms with Crippen molar-refractivity contribution < 1.29 is 18.0 Å². The number of hydrogen-bond donors (Lipinski definition) is 1. The second kappa shape index (κ2) is 9.02. The molecule has 3 heterocycles. The molecule has 0 saturated carbocycles. The third kappa shape index (κ3) is 4.21. The molecule has 1 aliphatic rings. The molecular weight excluding hydrogens is 466 g/mol. The lowest BCUT2D eigenvalue weighted by atomic mass is 9.90. The van der Waals surface area contributed by atoms with Gasteiger partial charge in [0.2, 0.25) is 0 Å². The number of fused-ring (bicyclic) bond motifs is 1. The molecule has 0 aliphatic carbocycles. The molecule has 2 unspecified atom stereocenters. The van der Waals surface area contributed by atoms with E-state index in [4.69, 9.17) is 16.0 Å². The zero-order valence-electron chi connectivity index (χ0n) is 18.2. The standard InChI is InChI=1S/C23H21ClF2N6O2/c1-13-3-2-8-31(20(13)12-27-23-30-18-5-4-14(24)9-21(18)34-23)22(33)15-10-16(25)17(26)11-19(15)32-28-6-7-29-32/h4-7,9-11,13,20H,2-3,8,12H2,1H3,(H,27,30). The predicted octanol–water partition coefficient (Wildman–Crippen LogP) is 4.69. The maximum atomic E-state index is 14.2. The molecule has 176 valence electrons. The molecule has 2 aromatic carbocycles. The number of likely N-dealkylation sites (tertiary alicyclic amines) is 1. The van der Waals surface area contributed by atoms with Crippen LogP contribution in [0.4, 0.5) is 14.8 Å². The summed E-state index contributed by atoms with van der Waals surface area (Å²) in [5.41, 5.74) is 1.29. The van der Waals surface area contributed by atoms with Crippen molar-refractivity contribution in [3.05, 3.63) is 64.9 Å². The first-order chi connectivity index (χ1) is 16.4. The number of nitrogens with zero attached hydrogens (tertiary/aromatic N) is 5. The van der Waals surface area contributed by atoms with E-state index in [1.165, 1.54) is 12.4 Å². The van der Waals surface area contributed by atoms with Gasteiger partial charge in [0.1, 0.15) is 11.2 Å². The van der Waals surface area contributed by atoms with E-state index < -0.39 is 17.5 Å². The van der Waals surface area contributed by atoms with Crippen molar-refractivity contribution in [2.75, 3.05) is 18.4 Å². The van der Waals surface area contributed by atoms with Gasteiger partial charge in [0.05, 0.1) is 24.0 Å². The highest BCUT2D eigenvalue weighted by Crippen LogP contribution is 2.29. The van der Waals surface area contributed by atoms with E-state index in [9.17, 15) is 13.6 Å². The summed E-state index contributed by atoms with van der Waals surface area (Å²) in [6, 6.07) is 7.11. The minimum absolute atomic E-state index is 0.00861. The van der Waals surface area contributed by atoms with Crippen LogP contribution in [0.2, 0.25) is 5.02 Å². The molecule has 1 fully saturated rings. The highest BCUT2D eigenvalue weighted by Gasteiger charge is 2.34. The first-order valence-corrected chi connectivity index (χ1v) is 11.2. The number of hydrogen-bond acceptors (Lipinski definition) is 6. The first-order valence-electron chi connectivity index (χ1n) is 10.9. The molecule has 0 radical (unpaired) electrons. The van der Waals surface area contributed by atoms with Gasteiger partial charge in [0.25, 0.3) is 11.9 Å². The van der Waals surface area contributed by atoms with Gasteiger partial charge < -0.3 is 14.6 Å². The Kier molecular flexibility index (Phi) is 5.91. The van der Waals surface area contributed by atoms with Crippen molar-refractivity contribution >= 4 is 34.6 Å².